The van der Waals surface area contributed by atoms with Crippen molar-refractivity contribution in [2.45, 2.75) is 25.8 Å². The molecule has 1 aliphatic rings. The van der Waals surface area contributed by atoms with Gasteiger partial charge in [-0.05, 0) is 31.9 Å². The van der Waals surface area contributed by atoms with E-state index in [0.29, 0.717) is 22.8 Å². The second-order valence-electron chi connectivity index (χ2n) is 4.97. The lowest BCUT2D eigenvalue weighted by Gasteiger charge is -2.39. The predicted molar refractivity (Wildman–Crippen MR) is 75.6 cm³/mol. The molecule has 0 aromatic heterocycles. The summed E-state index contributed by atoms with van der Waals surface area (Å²) < 4.78 is 0. The molecular formula is C14H17ClN2O2. The van der Waals surface area contributed by atoms with Crippen LogP contribution in [0.3, 0.4) is 0 Å². The van der Waals surface area contributed by atoms with E-state index < -0.39 is 0 Å². The van der Waals surface area contributed by atoms with Gasteiger partial charge in [0.25, 0.3) is 0 Å². The normalized spacial score (nSPS) is 23.2. The van der Waals surface area contributed by atoms with Crippen molar-refractivity contribution >= 4 is 29.5 Å². The average Bonchev–Trinajstić information content (AvgIpc) is 2.39. The molecule has 1 heterocycles. The average molecular weight is 281 g/mol. The van der Waals surface area contributed by atoms with Crippen molar-refractivity contribution in [1.82, 2.24) is 0 Å². The molecule has 0 saturated carbocycles. The summed E-state index contributed by atoms with van der Waals surface area (Å²) in [6.45, 7) is 2.58. The number of halogens is 1. The van der Waals surface area contributed by atoms with Crippen molar-refractivity contribution in [1.29, 1.82) is 0 Å². The molecule has 19 heavy (non-hydrogen) atoms. The number of hydrogen-bond donors (Lipinski definition) is 1. The van der Waals surface area contributed by atoms with Crippen LogP contribution < -0.4 is 10.6 Å². The van der Waals surface area contributed by atoms with E-state index in [9.17, 15) is 9.59 Å². The van der Waals surface area contributed by atoms with Gasteiger partial charge in [-0.3, -0.25) is 9.59 Å². The second kappa shape index (κ2) is 5.61. The van der Waals surface area contributed by atoms with Crippen LogP contribution in [0.2, 0.25) is 5.02 Å². The topological polar surface area (TPSA) is 63.4 Å². The number of hydrogen-bond acceptors (Lipinski definition) is 3. The molecule has 1 fully saturated rings. The predicted octanol–water partition coefficient (Wildman–Crippen LogP) is 2.24. The van der Waals surface area contributed by atoms with E-state index in [1.54, 1.807) is 18.2 Å². The van der Waals surface area contributed by atoms with Crippen LogP contribution in [0.5, 0.6) is 0 Å². The molecule has 4 nitrogen and oxygen atoms in total. The molecule has 0 radical (unpaired) electrons. The molecule has 2 unspecified atom stereocenters. The number of rotatable bonds is 3. The van der Waals surface area contributed by atoms with Crippen LogP contribution >= 0.6 is 11.6 Å². The van der Waals surface area contributed by atoms with E-state index in [2.05, 4.69) is 6.92 Å². The minimum atomic E-state index is -0.295. The fourth-order valence-electron chi connectivity index (χ4n) is 2.58. The highest BCUT2D eigenvalue weighted by molar-refractivity contribution is 6.34. The van der Waals surface area contributed by atoms with Crippen LogP contribution in [-0.4, -0.2) is 24.8 Å². The zero-order valence-electron chi connectivity index (χ0n) is 10.8. The Morgan fingerprint density at radius 2 is 2.21 bits per heavy atom. The number of piperidine rings is 1. The smallest absolute Gasteiger partial charge is 0.222 e. The highest BCUT2D eigenvalue weighted by atomic mass is 35.5. The van der Waals surface area contributed by atoms with Crippen molar-refractivity contribution < 1.29 is 9.59 Å². The van der Waals surface area contributed by atoms with E-state index >= 15 is 0 Å². The van der Waals surface area contributed by atoms with Gasteiger partial charge >= 0.3 is 0 Å². The third kappa shape index (κ3) is 2.73. The highest BCUT2D eigenvalue weighted by Crippen LogP contribution is 2.34. The molecule has 2 atom stereocenters. The molecule has 1 saturated heterocycles. The minimum absolute atomic E-state index is 0.188. The Bertz CT molecular complexity index is 504. The van der Waals surface area contributed by atoms with Crippen molar-refractivity contribution in [2.75, 3.05) is 11.4 Å². The number of anilines is 1. The molecule has 1 aromatic rings. The fraction of sp³-hybridized carbons (Fsp3) is 0.429. The van der Waals surface area contributed by atoms with Crippen LogP contribution in [-0.2, 0) is 4.79 Å². The van der Waals surface area contributed by atoms with Crippen molar-refractivity contribution in [3.8, 4) is 0 Å². The lowest BCUT2D eigenvalue weighted by molar-refractivity contribution is -0.122. The van der Waals surface area contributed by atoms with Gasteiger partial charge in [0.2, 0.25) is 5.91 Å². The standard InChI is InChI=1S/C14H17ClN2O2/c1-9-5-6-10(14(16)19)7-17(9)13-11(8-18)3-2-4-12(13)15/h2-4,8-10H,5-7H2,1H3,(H2,16,19). The van der Waals surface area contributed by atoms with Gasteiger partial charge in [0, 0.05) is 18.2 Å². The number of carbonyl (C=O) groups excluding carboxylic acids is 2. The van der Waals surface area contributed by atoms with Gasteiger partial charge in [-0.15, -0.1) is 0 Å². The van der Waals surface area contributed by atoms with Crippen molar-refractivity contribution in [2.24, 2.45) is 11.7 Å². The van der Waals surface area contributed by atoms with Gasteiger partial charge in [-0.25, -0.2) is 0 Å². The summed E-state index contributed by atoms with van der Waals surface area (Å²) in [5.74, 6) is -0.483. The quantitative estimate of drug-likeness (QED) is 0.864. The Morgan fingerprint density at radius 3 is 2.84 bits per heavy atom. The maximum atomic E-state index is 11.4. The van der Waals surface area contributed by atoms with Gasteiger partial charge in [0.05, 0.1) is 16.6 Å². The van der Waals surface area contributed by atoms with E-state index in [1.165, 1.54) is 0 Å². The zero-order valence-corrected chi connectivity index (χ0v) is 11.6. The van der Waals surface area contributed by atoms with Crippen LogP contribution in [0.1, 0.15) is 30.1 Å². The van der Waals surface area contributed by atoms with E-state index in [0.717, 1.165) is 19.1 Å². The Labute approximate surface area is 117 Å². The van der Waals surface area contributed by atoms with Crippen LogP contribution in [0, 0.1) is 5.92 Å². The van der Waals surface area contributed by atoms with Gasteiger partial charge < -0.3 is 10.6 Å². The van der Waals surface area contributed by atoms with Crippen LogP contribution in [0.25, 0.3) is 0 Å². The van der Waals surface area contributed by atoms with Gasteiger partial charge in [-0.1, -0.05) is 17.7 Å². The summed E-state index contributed by atoms with van der Waals surface area (Å²) in [6.07, 6.45) is 2.44. The first kappa shape index (κ1) is 13.9. The Kier molecular flexibility index (Phi) is 4.10. The SMILES string of the molecule is CC1CCC(C(N)=O)CN1c1c(Cl)cccc1C=O. The lowest BCUT2D eigenvalue weighted by atomic mass is 9.92. The first-order chi connectivity index (χ1) is 9.04. The van der Waals surface area contributed by atoms with Gasteiger partial charge in [0.1, 0.15) is 0 Å². The van der Waals surface area contributed by atoms with Crippen LogP contribution in [0.4, 0.5) is 5.69 Å². The highest BCUT2D eigenvalue weighted by Gasteiger charge is 2.30. The Morgan fingerprint density at radius 1 is 1.47 bits per heavy atom. The fourth-order valence-corrected chi connectivity index (χ4v) is 2.87. The third-order valence-electron chi connectivity index (χ3n) is 3.72. The number of nitrogens with two attached hydrogens (primary N) is 1. The number of benzene rings is 1. The Hall–Kier alpha value is -1.55. The zero-order chi connectivity index (χ0) is 14.0. The molecule has 2 N–H and O–H groups in total. The summed E-state index contributed by atoms with van der Waals surface area (Å²) >= 11 is 6.22. The molecule has 1 amide bonds. The van der Waals surface area contributed by atoms with Crippen molar-refractivity contribution in [3.63, 3.8) is 0 Å². The lowest BCUT2D eigenvalue weighted by Crippen LogP contribution is -2.46. The molecule has 2 rings (SSSR count). The minimum Gasteiger partial charge on any atom is -0.369 e. The monoisotopic (exact) mass is 280 g/mol. The van der Waals surface area contributed by atoms with Crippen LogP contribution in [0.15, 0.2) is 18.2 Å². The maximum Gasteiger partial charge on any atom is 0.222 e. The number of nitrogens with zero attached hydrogens (tertiary/aromatic N) is 1. The summed E-state index contributed by atoms with van der Waals surface area (Å²) in [5.41, 5.74) is 6.65. The molecule has 0 aliphatic carbocycles. The number of para-hydroxylation sites is 1. The van der Waals surface area contributed by atoms with Gasteiger partial charge in [-0.2, -0.15) is 0 Å². The number of primary amides is 1. The Balaban J connectivity index is 2.38. The molecule has 0 bridgehead atoms. The molecular weight excluding hydrogens is 264 g/mol. The molecule has 0 spiro atoms. The molecule has 1 aromatic carbocycles. The first-order valence-electron chi connectivity index (χ1n) is 6.34. The molecule has 1 aliphatic heterocycles. The number of aldehydes is 1. The number of carbonyl (C=O) groups is 2. The van der Waals surface area contributed by atoms with E-state index in [4.69, 9.17) is 17.3 Å². The summed E-state index contributed by atoms with van der Waals surface area (Å²) in [5, 5.41) is 0.529. The van der Waals surface area contributed by atoms with Gasteiger partial charge in [0.15, 0.2) is 6.29 Å². The van der Waals surface area contributed by atoms with E-state index in [-0.39, 0.29) is 17.9 Å². The molecule has 5 heteroatoms. The maximum absolute atomic E-state index is 11.4. The van der Waals surface area contributed by atoms with Crippen molar-refractivity contribution in [3.05, 3.63) is 28.8 Å². The largest absolute Gasteiger partial charge is 0.369 e. The summed E-state index contributed by atoms with van der Waals surface area (Å²) in [4.78, 5) is 24.6. The number of amides is 1. The first-order valence-corrected chi connectivity index (χ1v) is 6.72. The third-order valence-corrected chi connectivity index (χ3v) is 4.02. The van der Waals surface area contributed by atoms with E-state index in [1.807, 2.05) is 4.90 Å². The summed E-state index contributed by atoms with van der Waals surface area (Å²) in [7, 11) is 0. The molecule has 102 valence electrons. The second-order valence-corrected chi connectivity index (χ2v) is 5.38. The summed E-state index contributed by atoms with van der Waals surface area (Å²) in [6, 6.07) is 5.46.